The van der Waals surface area contributed by atoms with Crippen molar-refractivity contribution >= 4 is 26.0 Å². The number of methoxy groups -OCH3 is 1. The van der Waals surface area contributed by atoms with Crippen LogP contribution in [0.2, 0.25) is 0 Å². The Balaban J connectivity index is 2.66. The van der Waals surface area contributed by atoms with E-state index in [2.05, 4.69) is 20.7 Å². The van der Waals surface area contributed by atoms with E-state index in [-0.39, 0.29) is 16.3 Å². The van der Waals surface area contributed by atoms with E-state index in [0.717, 1.165) is 12.1 Å². The normalized spacial score (nSPS) is 13.6. The molecule has 0 saturated heterocycles. The maximum atomic E-state index is 12.7. The first-order valence-corrected chi connectivity index (χ1v) is 7.24. The SMILES string of the molecule is COCC(Br)CNS(=O)(=O)c1ccc(F)cc1. The van der Waals surface area contributed by atoms with Gasteiger partial charge in [-0.2, -0.15) is 0 Å². The van der Waals surface area contributed by atoms with E-state index in [0.29, 0.717) is 6.61 Å². The lowest BCUT2D eigenvalue weighted by Gasteiger charge is -2.10. The van der Waals surface area contributed by atoms with Crippen LogP contribution >= 0.6 is 15.9 Å². The lowest BCUT2D eigenvalue weighted by molar-refractivity contribution is 0.201. The number of halogens is 2. The van der Waals surface area contributed by atoms with E-state index >= 15 is 0 Å². The third-order valence-electron chi connectivity index (χ3n) is 1.97. The van der Waals surface area contributed by atoms with Gasteiger partial charge >= 0.3 is 0 Å². The fourth-order valence-electron chi connectivity index (χ4n) is 1.14. The van der Waals surface area contributed by atoms with E-state index in [4.69, 9.17) is 4.74 Å². The molecular formula is C10H13BrFNO3S. The van der Waals surface area contributed by atoms with Crippen LogP contribution in [0, 0.1) is 5.82 Å². The summed E-state index contributed by atoms with van der Waals surface area (Å²) in [5, 5.41) is 0. The van der Waals surface area contributed by atoms with Crippen LogP contribution in [0.15, 0.2) is 29.2 Å². The Morgan fingerprint density at radius 2 is 2.00 bits per heavy atom. The van der Waals surface area contributed by atoms with Crippen LogP contribution in [-0.4, -0.2) is 33.5 Å². The molecule has 1 aromatic carbocycles. The predicted molar refractivity (Wildman–Crippen MR) is 66.2 cm³/mol. The molecule has 4 nitrogen and oxygen atoms in total. The summed E-state index contributed by atoms with van der Waals surface area (Å²) in [5.74, 6) is -0.471. The van der Waals surface area contributed by atoms with Gasteiger partial charge in [0.25, 0.3) is 0 Å². The minimum atomic E-state index is -3.59. The molecule has 0 spiro atoms. The first kappa shape index (κ1) is 14.6. The number of rotatable bonds is 6. The third kappa shape index (κ3) is 4.71. The largest absolute Gasteiger partial charge is 0.383 e. The quantitative estimate of drug-likeness (QED) is 0.807. The highest BCUT2D eigenvalue weighted by atomic mass is 79.9. The molecule has 0 saturated carbocycles. The second-order valence-electron chi connectivity index (χ2n) is 3.36. The molecule has 0 amide bonds. The maximum Gasteiger partial charge on any atom is 0.240 e. The van der Waals surface area contributed by atoms with Crippen LogP contribution in [0.4, 0.5) is 4.39 Å². The molecule has 0 aromatic heterocycles. The van der Waals surface area contributed by atoms with Gasteiger partial charge in [-0.25, -0.2) is 17.5 Å². The number of hydrogen-bond donors (Lipinski definition) is 1. The predicted octanol–water partition coefficient (Wildman–Crippen LogP) is 1.51. The molecule has 17 heavy (non-hydrogen) atoms. The zero-order valence-corrected chi connectivity index (χ0v) is 11.6. The highest BCUT2D eigenvalue weighted by molar-refractivity contribution is 9.09. The average molecular weight is 326 g/mol. The minimum Gasteiger partial charge on any atom is -0.383 e. The molecule has 1 atom stereocenters. The fraction of sp³-hybridized carbons (Fsp3) is 0.400. The van der Waals surface area contributed by atoms with Crippen LogP contribution in [0.3, 0.4) is 0 Å². The molecule has 0 heterocycles. The van der Waals surface area contributed by atoms with Gasteiger partial charge < -0.3 is 4.74 Å². The summed E-state index contributed by atoms with van der Waals surface area (Å²) in [6.45, 7) is 0.597. The Hall–Kier alpha value is -0.500. The molecule has 1 aromatic rings. The van der Waals surface area contributed by atoms with Gasteiger partial charge in [-0.05, 0) is 24.3 Å². The van der Waals surface area contributed by atoms with Crippen molar-refractivity contribution in [3.63, 3.8) is 0 Å². The molecule has 0 aliphatic carbocycles. The topological polar surface area (TPSA) is 55.4 Å². The van der Waals surface area contributed by atoms with Crippen LogP contribution < -0.4 is 4.72 Å². The highest BCUT2D eigenvalue weighted by Crippen LogP contribution is 2.10. The second kappa shape index (κ2) is 6.44. The summed E-state index contributed by atoms with van der Waals surface area (Å²) in [6, 6.07) is 4.65. The third-order valence-corrected chi connectivity index (χ3v) is 3.99. The molecule has 0 fully saturated rings. The van der Waals surface area contributed by atoms with Gasteiger partial charge in [-0.3, -0.25) is 0 Å². The smallest absolute Gasteiger partial charge is 0.240 e. The zero-order chi connectivity index (χ0) is 12.9. The second-order valence-corrected chi connectivity index (χ2v) is 6.42. The molecule has 0 aliphatic rings. The number of nitrogens with one attached hydrogen (secondary N) is 1. The zero-order valence-electron chi connectivity index (χ0n) is 9.19. The van der Waals surface area contributed by atoms with Crippen LogP contribution in [0.1, 0.15) is 0 Å². The van der Waals surface area contributed by atoms with Crippen LogP contribution in [0.5, 0.6) is 0 Å². The lowest BCUT2D eigenvalue weighted by atomic mass is 10.4. The number of benzene rings is 1. The Kier molecular flexibility index (Phi) is 5.51. The Morgan fingerprint density at radius 3 is 2.53 bits per heavy atom. The molecule has 1 N–H and O–H groups in total. The standard InChI is InChI=1S/C10H13BrFNO3S/c1-16-7-8(11)6-13-17(14,15)10-4-2-9(12)3-5-10/h2-5,8,13H,6-7H2,1H3. The van der Waals surface area contributed by atoms with Gasteiger partial charge in [-0.1, -0.05) is 15.9 Å². The molecule has 1 unspecified atom stereocenters. The van der Waals surface area contributed by atoms with Crippen molar-refractivity contribution in [1.82, 2.24) is 4.72 Å². The summed E-state index contributed by atoms with van der Waals surface area (Å²) in [5.41, 5.74) is 0. The van der Waals surface area contributed by atoms with Gasteiger partial charge in [0.05, 0.1) is 16.3 Å². The summed E-state index contributed by atoms with van der Waals surface area (Å²) < 4.78 is 43.4. The summed E-state index contributed by atoms with van der Waals surface area (Å²) in [7, 11) is -2.06. The highest BCUT2D eigenvalue weighted by Gasteiger charge is 2.15. The van der Waals surface area contributed by atoms with Crippen molar-refractivity contribution in [3.05, 3.63) is 30.1 Å². The number of sulfonamides is 1. The van der Waals surface area contributed by atoms with Gasteiger partial charge in [0.1, 0.15) is 5.82 Å². The van der Waals surface area contributed by atoms with E-state index in [1.807, 2.05) is 0 Å². The molecule has 0 aliphatic heterocycles. The van der Waals surface area contributed by atoms with Gasteiger partial charge in [0.2, 0.25) is 10.0 Å². The molecule has 0 bridgehead atoms. The first-order valence-electron chi connectivity index (χ1n) is 4.84. The van der Waals surface area contributed by atoms with Gasteiger partial charge in [0.15, 0.2) is 0 Å². The van der Waals surface area contributed by atoms with Crippen molar-refractivity contribution in [2.45, 2.75) is 9.72 Å². The monoisotopic (exact) mass is 325 g/mol. The Morgan fingerprint density at radius 1 is 1.41 bits per heavy atom. The fourth-order valence-corrected chi connectivity index (χ4v) is 2.86. The van der Waals surface area contributed by atoms with Crippen molar-refractivity contribution < 1.29 is 17.5 Å². The maximum absolute atomic E-state index is 12.7. The molecule has 96 valence electrons. The molecular weight excluding hydrogens is 313 g/mol. The molecule has 1 rings (SSSR count). The van der Waals surface area contributed by atoms with Crippen molar-refractivity contribution in [3.8, 4) is 0 Å². The van der Waals surface area contributed by atoms with Crippen molar-refractivity contribution in [2.75, 3.05) is 20.3 Å². The molecule has 7 heteroatoms. The van der Waals surface area contributed by atoms with E-state index in [1.165, 1.54) is 19.2 Å². The van der Waals surface area contributed by atoms with Crippen molar-refractivity contribution in [1.29, 1.82) is 0 Å². The number of alkyl halides is 1. The van der Waals surface area contributed by atoms with Gasteiger partial charge in [-0.15, -0.1) is 0 Å². The summed E-state index contributed by atoms with van der Waals surface area (Å²) >= 11 is 3.26. The van der Waals surface area contributed by atoms with Crippen LogP contribution in [-0.2, 0) is 14.8 Å². The van der Waals surface area contributed by atoms with Crippen LogP contribution in [0.25, 0.3) is 0 Å². The van der Waals surface area contributed by atoms with E-state index < -0.39 is 15.8 Å². The number of ether oxygens (including phenoxy) is 1. The lowest BCUT2D eigenvalue weighted by Crippen LogP contribution is -2.31. The first-order chi connectivity index (χ1) is 7.95. The average Bonchev–Trinajstić information content (AvgIpc) is 2.28. The Bertz CT molecular complexity index is 449. The summed E-state index contributed by atoms with van der Waals surface area (Å²) in [4.78, 5) is -0.0706. The summed E-state index contributed by atoms with van der Waals surface area (Å²) in [6.07, 6.45) is 0. The minimum absolute atomic E-state index is 0.0380. The van der Waals surface area contributed by atoms with E-state index in [1.54, 1.807) is 0 Å². The molecule has 0 radical (unpaired) electrons. The van der Waals surface area contributed by atoms with Crippen molar-refractivity contribution in [2.24, 2.45) is 0 Å². The Labute approximate surface area is 108 Å². The van der Waals surface area contributed by atoms with E-state index in [9.17, 15) is 12.8 Å². The van der Waals surface area contributed by atoms with Gasteiger partial charge in [0, 0.05) is 13.7 Å². The number of hydrogen-bond acceptors (Lipinski definition) is 3.